The Morgan fingerprint density at radius 1 is 1.00 bits per heavy atom. The molecule has 0 atom stereocenters. The summed E-state index contributed by atoms with van der Waals surface area (Å²) in [5, 5.41) is 3.46. The van der Waals surface area contributed by atoms with Crippen molar-refractivity contribution in [2.45, 2.75) is 38.0 Å². The molecule has 0 spiro atoms. The van der Waals surface area contributed by atoms with Gasteiger partial charge in [0.2, 0.25) is 0 Å². The number of halogens is 5. The Kier molecular flexibility index (Phi) is 9.74. The van der Waals surface area contributed by atoms with E-state index in [9.17, 15) is 18.0 Å². The molecular weight excluding hydrogens is 604 g/mol. The van der Waals surface area contributed by atoms with Crippen LogP contribution in [0.15, 0.2) is 66.2 Å². The van der Waals surface area contributed by atoms with E-state index in [0.717, 1.165) is 30.0 Å². The number of nitrogens with one attached hydrogen (secondary N) is 1. The van der Waals surface area contributed by atoms with Crippen LogP contribution in [0.4, 0.5) is 13.2 Å². The van der Waals surface area contributed by atoms with Gasteiger partial charge in [0.15, 0.2) is 11.5 Å². The molecule has 1 N–H and O–H groups in total. The topological polar surface area (TPSA) is 60.0 Å². The molecule has 11 heteroatoms. The van der Waals surface area contributed by atoms with Gasteiger partial charge in [-0.15, -0.1) is 0 Å². The summed E-state index contributed by atoms with van der Waals surface area (Å²) in [5.41, 5.74) is 1.80. The first-order valence-corrected chi connectivity index (χ1v) is 14.7. The molecule has 0 saturated heterocycles. The van der Waals surface area contributed by atoms with E-state index in [2.05, 4.69) is 5.32 Å². The lowest BCUT2D eigenvalue weighted by atomic mass is 9.93. The van der Waals surface area contributed by atoms with E-state index in [1.807, 2.05) is 24.3 Å². The SMILES string of the molecule is COc1cc(Cl)ccc1OCCOc1ccc(C2=C(C(=O)N(Cc3cccc(C(F)(F)F)c3Cl)C3CC3)CNCC2)cc1. The summed E-state index contributed by atoms with van der Waals surface area (Å²) in [4.78, 5) is 15.6. The van der Waals surface area contributed by atoms with Gasteiger partial charge >= 0.3 is 6.18 Å². The molecule has 1 aliphatic heterocycles. The number of nitrogens with zero attached hydrogens (tertiary/aromatic N) is 1. The molecule has 3 aromatic rings. The van der Waals surface area contributed by atoms with E-state index in [1.165, 1.54) is 6.07 Å². The Bertz CT molecular complexity index is 1490. The summed E-state index contributed by atoms with van der Waals surface area (Å²) in [6, 6.07) is 16.5. The highest BCUT2D eigenvalue weighted by Gasteiger charge is 2.38. The standard InChI is InChI=1S/C32H31Cl2F3N2O4/c1-41-29-17-22(33)7-12-28(29)43-16-15-42-24-10-5-20(6-11-24)25-13-14-38-18-26(25)31(40)39(23-8-9-23)19-21-3-2-4-27(30(21)34)32(35,36)37/h2-7,10-12,17,23,38H,8-9,13-16,18-19H2,1H3. The van der Waals surface area contributed by atoms with Gasteiger partial charge in [-0.25, -0.2) is 0 Å². The van der Waals surface area contributed by atoms with Crippen molar-refractivity contribution in [1.82, 2.24) is 10.2 Å². The predicted octanol–water partition coefficient (Wildman–Crippen LogP) is 7.42. The average molecular weight is 636 g/mol. The number of carbonyl (C=O) groups excluding carboxylic acids is 1. The van der Waals surface area contributed by atoms with Crippen LogP contribution in [0.1, 0.15) is 36.0 Å². The number of amides is 1. The fraction of sp³-hybridized carbons (Fsp3) is 0.344. The van der Waals surface area contributed by atoms with Gasteiger partial charge < -0.3 is 24.4 Å². The van der Waals surface area contributed by atoms with Crippen molar-refractivity contribution in [3.63, 3.8) is 0 Å². The zero-order valence-corrected chi connectivity index (χ0v) is 25.0. The van der Waals surface area contributed by atoms with Crippen molar-refractivity contribution in [2.75, 3.05) is 33.4 Å². The van der Waals surface area contributed by atoms with Gasteiger partial charge in [-0.2, -0.15) is 13.2 Å². The van der Waals surface area contributed by atoms with Crippen molar-refractivity contribution >= 4 is 34.7 Å². The summed E-state index contributed by atoms with van der Waals surface area (Å²) in [6.45, 7) is 1.69. The lowest BCUT2D eigenvalue weighted by molar-refractivity contribution is -0.137. The number of rotatable bonds is 11. The van der Waals surface area contributed by atoms with Crippen LogP contribution in [-0.4, -0.2) is 50.3 Å². The molecular formula is C32H31Cl2F3N2O4. The van der Waals surface area contributed by atoms with Crippen LogP contribution >= 0.6 is 23.2 Å². The van der Waals surface area contributed by atoms with E-state index >= 15 is 0 Å². The lowest BCUT2D eigenvalue weighted by Crippen LogP contribution is -2.39. The molecule has 0 aromatic heterocycles. The molecule has 0 radical (unpaired) electrons. The Morgan fingerprint density at radius 3 is 2.44 bits per heavy atom. The van der Waals surface area contributed by atoms with Crippen molar-refractivity contribution in [3.8, 4) is 17.2 Å². The van der Waals surface area contributed by atoms with Crippen LogP contribution < -0.4 is 19.5 Å². The molecule has 1 fully saturated rings. The molecule has 1 saturated carbocycles. The second-order valence-electron chi connectivity index (χ2n) is 10.3. The van der Waals surface area contributed by atoms with E-state index in [1.54, 1.807) is 36.3 Å². The molecule has 1 amide bonds. The van der Waals surface area contributed by atoms with Crippen molar-refractivity contribution in [3.05, 3.63) is 93.0 Å². The smallest absolute Gasteiger partial charge is 0.417 e. The van der Waals surface area contributed by atoms with Crippen molar-refractivity contribution < 1.29 is 32.2 Å². The minimum Gasteiger partial charge on any atom is -0.493 e. The molecule has 1 heterocycles. The highest BCUT2D eigenvalue weighted by molar-refractivity contribution is 6.32. The number of carbonyl (C=O) groups is 1. The zero-order chi connectivity index (χ0) is 30.6. The normalized spacial score (nSPS) is 15.3. The fourth-order valence-corrected chi connectivity index (χ4v) is 5.52. The summed E-state index contributed by atoms with van der Waals surface area (Å²) >= 11 is 12.2. The van der Waals surface area contributed by atoms with E-state index in [-0.39, 0.29) is 29.1 Å². The third kappa shape index (κ3) is 7.58. The molecule has 2 aliphatic rings. The van der Waals surface area contributed by atoms with Gasteiger partial charge in [-0.3, -0.25) is 4.79 Å². The maximum Gasteiger partial charge on any atom is 0.417 e. The Hall–Kier alpha value is -3.40. The average Bonchev–Trinajstić information content (AvgIpc) is 3.84. The van der Waals surface area contributed by atoms with Gasteiger partial charge in [-0.1, -0.05) is 47.5 Å². The van der Waals surface area contributed by atoms with Crippen molar-refractivity contribution in [1.29, 1.82) is 0 Å². The number of hydrogen-bond acceptors (Lipinski definition) is 5. The number of benzene rings is 3. The van der Waals surface area contributed by atoms with Crippen LogP contribution in [0, 0.1) is 0 Å². The summed E-state index contributed by atoms with van der Waals surface area (Å²) < 4.78 is 57.2. The predicted molar refractivity (Wildman–Crippen MR) is 160 cm³/mol. The molecule has 0 unspecified atom stereocenters. The minimum atomic E-state index is -4.57. The Morgan fingerprint density at radius 2 is 1.74 bits per heavy atom. The van der Waals surface area contributed by atoms with Gasteiger partial charge in [0.05, 0.1) is 17.7 Å². The summed E-state index contributed by atoms with van der Waals surface area (Å²) in [5.74, 6) is 1.57. The zero-order valence-electron chi connectivity index (χ0n) is 23.5. The first kappa shape index (κ1) is 31.0. The third-order valence-electron chi connectivity index (χ3n) is 7.39. The monoisotopic (exact) mass is 634 g/mol. The second kappa shape index (κ2) is 13.5. The number of alkyl halides is 3. The first-order valence-electron chi connectivity index (χ1n) is 13.9. The Labute approximate surface area is 258 Å². The van der Waals surface area contributed by atoms with Crippen LogP contribution in [-0.2, 0) is 17.5 Å². The molecule has 1 aliphatic carbocycles. The quantitative estimate of drug-likeness (QED) is 0.223. The van der Waals surface area contributed by atoms with E-state index in [0.29, 0.717) is 60.6 Å². The summed E-state index contributed by atoms with van der Waals surface area (Å²) in [7, 11) is 1.54. The highest BCUT2D eigenvalue weighted by Crippen LogP contribution is 2.39. The maximum atomic E-state index is 13.9. The number of hydrogen-bond donors (Lipinski definition) is 1. The number of methoxy groups -OCH3 is 1. The lowest BCUT2D eigenvalue weighted by Gasteiger charge is -2.29. The van der Waals surface area contributed by atoms with Crippen LogP contribution in [0.25, 0.3) is 5.57 Å². The first-order chi connectivity index (χ1) is 20.7. The third-order valence-corrected chi connectivity index (χ3v) is 8.07. The fourth-order valence-electron chi connectivity index (χ4n) is 5.06. The van der Waals surface area contributed by atoms with Crippen LogP contribution in [0.5, 0.6) is 17.2 Å². The van der Waals surface area contributed by atoms with Gasteiger partial charge in [-0.05, 0) is 72.8 Å². The largest absolute Gasteiger partial charge is 0.493 e. The Balaban J connectivity index is 1.27. The van der Waals surface area contributed by atoms with Gasteiger partial charge in [0, 0.05) is 35.8 Å². The molecule has 0 bridgehead atoms. The molecule has 5 rings (SSSR count). The van der Waals surface area contributed by atoms with Gasteiger partial charge in [0.25, 0.3) is 5.91 Å². The maximum absolute atomic E-state index is 13.9. The summed E-state index contributed by atoms with van der Waals surface area (Å²) in [6.07, 6.45) is -2.32. The molecule has 43 heavy (non-hydrogen) atoms. The van der Waals surface area contributed by atoms with E-state index < -0.39 is 11.7 Å². The highest BCUT2D eigenvalue weighted by atomic mass is 35.5. The van der Waals surface area contributed by atoms with Crippen molar-refractivity contribution in [2.24, 2.45) is 0 Å². The second-order valence-corrected chi connectivity index (χ2v) is 11.2. The van der Waals surface area contributed by atoms with Crippen LogP contribution in [0.2, 0.25) is 10.0 Å². The molecule has 228 valence electrons. The molecule has 3 aromatic carbocycles. The van der Waals surface area contributed by atoms with E-state index in [4.69, 9.17) is 37.4 Å². The minimum absolute atomic E-state index is 0.0137. The molecule has 6 nitrogen and oxygen atoms in total. The number of ether oxygens (including phenoxy) is 3. The van der Waals surface area contributed by atoms with Gasteiger partial charge in [0.1, 0.15) is 19.0 Å². The van der Waals surface area contributed by atoms with Crippen LogP contribution in [0.3, 0.4) is 0 Å².